The predicted molar refractivity (Wildman–Crippen MR) is 97.8 cm³/mol. The molecule has 0 aliphatic heterocycles. The van der Waals surface area contributed by atoms with E-state index >= 15 is 0 Å². The molecule has 0 N–H and O–H groups in total. The van der Waals surface area contributed by atoms with Gasteiger partial charge < -0.3 is 14.2 Å². The van der Waals surface area contributed by atoms with Gasteiger partial charge in [0.15, 0.2) is 5.41 Å². The van der Waals surface area contributed by atoms with E-state index in [9.17, 15) is 9.59 Å². The molecule has 0 atom stereocenters. The summed E-state index contributed by atoms with van der Waals surface area (Å²) in [5, 5.41) is 0. The van der Waals surface area contributed by atoms with Gasteiger partial charge in [0.1, 0.15) is 12.4 Å². The molecular weight excluding hydrogens is 332 g/mol. The Labute approximate surface area is 153 Å². The second-order valence-corrected chi connectivity index (χ2v) is 5.86. The van der Waals surface area contributed by atoms with Gasteiger partial charge in [0, 0.05) is 0 Å². The molecule has 0 unspecified atom stereocenters. The van der Waals surface area contributed by atoms with Gasteiger partial charge in [0.25, 0.3) is 0 Å². The van der Waals surface area contributed by atoms with Crippen molar-refractivity contribution < 1.29 is 23.8 Å². The number of ether oxygens (including phenoxy) is 3. The minimum absolute atomic E-state index is 0.187. The van der Waals surface area contributed by atoms with Crippen LogP contribution in [0.1, 0.15) is 31.9 Å². The maximum Gasteiger partial charge on any atom is 0.327 e. The summed E-state index contributed by atoms with van der Waals surface area (Å²) in [5.41, 5.74) is 0.0465. The van der Waals surface area contributed by atoms with Crippen LogP contribution in [0.2, 0.25) is 0 Å². The van der Waals surface area contributed by atoms with Crippen LogP contribution in [0.4, 0.5) is 0 Å². The molecule has 0 fully saturated rings. The Hall–Kier alpha value is -2.82. The minimum Gasteiger partial charge on any atom is -0.489 e. The highest BCUT2D eigenvalue weighted by Crippen LogP contribution is 2.29. The van der Waals surface area contributed by atoms with E-state index in [4.69, 9.17) is 14.2 Å². The fourth-order valence-corrected chi connectivity index (χ4v) is 2.50. The summed E-state index contributed by atoms with van der Waals surface area (Å²) < 4.78 is 15.9. The molecule has 0 aliphatic rings. The van der Waals surface area contributed by atoms with Gasteiger partial charge in [-0.2, -0.15) is 0 Å². The molecule has 5 nitrogen and oxygen atoms in total. The largest absolute Gasteiger partial charge is 0.489 e. The zero-order chi connectivity index (χ0) is 19.0. The third-order valence-corrected chi connectivity index (χ3v) is 4.05. The average Bonchev–Trinajstić information content (AvgIpc) is 2.67. The predicted octanol–water partition coefficient (Wildman–Crippen LogP) is 3.65. The summed E-state index contributed by atoms with van der Waals surface area (Å²) in [6.07, 6.45) is 0. The Morgan fingerprint density at radius 2 is 1.38 bits per heavy atom. The van der Waals surface area contributed by atoms with Crippen LogP contribution >= 0.6 is 0 Å². The smallest absolute Gasteiger partial charge is 0.327 e. The zero-order valence-electron chi connectivity index (χ0n) is 15.4. The number of carbonyl (C=O) groups excluding carboxylic acids is 2. The van der Waals surface area contributed by atoms with Crippen molar-refractivity contribution in [1.29, 1.82) is 0 Å². The van der Waals surface area contributed by atoms with Gasteiger partial charge in [-0.1, -0.05) is 42.5 Å². The van der Waals surface area contributed by atoms with Crippen LogP contribution < -0.4 is 4.74 Å². The standard InChI is InChI=1S/C21H24O5/c1-4-24-19(22)21(3,20(23)25-5-2)17-11-13-18(14-12-17)26-15-16-9-7-6-8-10-16/h6-14H,4-5,15H2,1-3H3. The van der Waals surface area contributed by atoms with E-state index in [2.05, 4.69) is 0 Å². The Bertz CT molecular complexity index is 704. The Balaban J connectivity index is 2.18. The topological polar surface area (TPSA) is 61.8 Å². The molecule has 0 aromatic heterocycles. The van der Waals surface area contributed by atoms with Gasteiger partial charge in [-0.3, -0.25) is 9.59 Å². The molecule has 2 aromatic carbocycles. The molecule has 0 saturated heterocycles. The lowest BCUT2D eigenvalue weighted by molar-refractivity contribution is -0.163. The lowest BCUT2D eigenvalue weighted by Gasteiger charge is -2.25. The molecular formula is C21H24O5. The fraction of sp³-hybridized carbons (Fsp3) is 0.333. The van der Waals surface area contributed by atoms with Crippen LogP contribution in [-0.2, 0) is 31.1 Å². The lowest BCUT2D eigenvalue weighted by atomic mass is 9.82. The van der Waals surface area contributed by atoms with Crippen LogP contribution in [-0.4, -0.2) is 25.2 Å². The molecule has 138 valence electrons. The quantitative estimate of drug-likeness (QED) is 0.534. The normalized spacial score (nSPS) is 10.9. The first-order chi connectivity index (χ1) is 12.5. The van der Waals surface area contributed by atoms with E-state index in [0.29, 0.717) is 17.9 Å². The van der Waals surface area contributed by atoms with Crippen LogP contribution in [0.5, 0.6) is 5.75 Å². The van der Waals surface area contributed by atoms with Gasteiger partial charge in [-0.05, 0) is 44.0 Å². The van der Waals surface area contributed by atoms with Crippen molar-refractivity contribution in [2.24, 2.45) is 0 Å². The van der Waals surface area contributed by atoms with Crippen molar-refractivity contribution in [3.8, 4) is 5.75 Å². The summed E-state index contributed by atoms with van der Waals surface area (Å²) in [6.45, 7) is 5.72. The van der Waals surface area contributed by atoms with Crippen LogP contribution in [0, 0.1) is 0 Å². The van der Waals surface area contributed by atoms with Crippen molar-refractivity contribution in [2.45, 2.75) is 32.8 Å². The summed E-state index contributed by atoms with van der Waals surface area (Å²) in [5.74, 6) is -0.611. The number of hydrogen-bond acceptors (Lipinski definition) is 5. The molecule has 0 radical (unpaired) electrons. The van der Waals surface area contributed by atoms with Gasteiger partial charge in [-0.25, -0.2) is 0 Å². The molecule has 5 heteroatoms. The molecule has 2 aromatic rings. The summed E-state index contributed by atoms with van der Waals surface area (Å²) in [6, 6.07) is 16.6. The number of benzene rings is 2. The van der Waals surface area contributed by atoms with Gasteiger partial charge >= 0.3 is 11.9 Å². The van der Waals surface area contributed by atoms with Crippen molar-refractivity contribution in [3.05, 3.63) is 65.7 Å². The van der Waals surface area contributed by atoms with Crippen LogP contribution in [0.3, 0.4) is 0 Å². The number of hydrogen-bond donors (Lipinski definition) is 0. The van der Waals surface area contributed by atoms with Crippen LogP contribution in [0.25, 0.3) is 0 Å². The molecule has 0 spiro atoms. The molecule has 0 saturated carbocycles. The summed E-state index contributed by atoms with van der Waals surface area (Å²) in [7, 11) is 0. The second-order valence-electron chi connectivity index (χ2n) is 5.86. The summed E-state index contributed by atoms with van der Waals surface area (Å²) in [4.78, 5) is 24.8. The Morgan fingerprint density at radius 1 is 0.846 bits per heavy atom. The third kappa shape index (κ3) is 4.42. The summed E-state index contributed by atoms with van der Waals surface area (Å²) >= 11 is 0. The van der Waals surface area contributed by atoms with Crippen molar-refractivity contribution in [1.82, 2.24) is 0 Å². The third-order valence-electron chi connectivity index (χ3n) is 4.05. The molecule has 0 heterocycles. The molecule has 0 bridgehead atoms. The lowest BCUT2D eigenvalue weighted by Crippen LogP contribution is -2.43. The highest BCUT2D eigenvalue weighted by Gasteiger charge is 2.46. The van der Waals surface area contributed by atoms with Gasteiger partial charge in [-0.15, -0.1) is 0 Å². The highest BCUT2D eigenvalue weighted by molar-refractivity contribution is 6.05. The van der Waals surface area contributed by atoms with E-state index in [1.165, 1.54) is 6.92 Å². The minimum atomic E-state index is -1.51. The van der Waals surface area contributed by atoms with E-state index in [0.717, 1.165) is 5.56 Å². The first-order valence-corrected chi connectivity index (χ1v) is 8.64. The molecule has 0 amide bonds. The Kier molecular flexibility index (Phi) is 6.78. The van der Waals surface area contributed by atoms with E-state index in [1.54, 1.807) is 38.1 Å². The van der Waals surface area contributed by atoms with E-state index < -0.39 is 17.4 Å². The van der Waals surface area contributed by atoms with E-state index in [1.807, 2.05) is 30.3 Å². The fourth-order valence-electron chi connectivity index (χ4n) is 2.50. The monoisotopic (exact) mass is 356 g/mol. The van der Waals surface area contributed by atoms with Crippen molar-refractivity contribution in [3.63, 3.8) is 0 Å². The van der Waals surface area contributed by atoms with Gasteiger partial charge in [0.2, 0.25) is 0 Å². The maximum absolute atomic E-state index is 12.4. The number of carbonyl (C=O) groups is 2. The number of esters is 2. The molecule has 0 aliphatic carbocycles. The first kappa shape index (κ1) is 19.5. The second kappa shape index (κ2) is 9.04. The molecule has 2 rings (SSSR count). The molecule has 26 heavy (non-hydrogen) atoms. The van der Waals surface area contributed by atoms with Crippen LogP contribution in [0.15, 0.2) is 54.6 Å². The average molecular weight is 356 g/mol. The maximum atomic E-state index is 12.4. The van der Waals surface area contributed by atoms with E-state index in [-0.39, 0.29) is 13.2 Å². The van der Waals surface area contributed by atoms with Crippen molar-refractivity contribution in [2.75, 3.05) is 13.2 Å². The Morgan fingerprint density at radius 3 is 1.88 bits per heavy atom. The first-order valence-electron chi connectivity index (χ1n) is 8.64. The highest BCUT2D eigenvalue weighted by atomic mass is 16.6. The van der Waals surface area contributed by atoms with Gasteiger partial charge in [0.05, 0.1) is 13.2 Å². The zero-order valence-corrected chi connectivity index (χ0v) is 15.4. The van der Waals surface area contributed by atoms with Crippen molar-refractivity contribution >= 4 is 11.9 Å². The number of rotatable bonds is 8. The SMILES string of the molecule is CCOC(=O)C(C)(C(=O)OCC)c1ccc(OCc2ccccc2)cc1.